The zero-order valence-corrected chi connectivity index (χ0v) is 10.8. The second kappa shape index (κ2) is 5.35. The number of halogens is 1. The van der Waals surface area contributed by atoms with Gasteiger partial charge in [-0.05, 0) is 38.0 Å². The van der Waals surface area contributed by atoms with Gasteiger partial charge in [-0.1, -0.05) is 19.1 Å². The molecule has 0 aliphatic carbocycles. The van der Waals surface area contributed by atoms with Crippen molar-refractivity contribution in [1.29, 1.82) is 0 Å². The predicted molar refractivity (Wildman–Crippen MR) is 69.0 cm³/mol. The van der Waals surface area contributed by atoms with Crippen LogP contribution in [0.1, 0.15) is 26.3 Å². The van der Waals surface area contributed by atoms with E-state index in [0.717, 1.165) is 12.1 Å². The van der Waals surface area contributed by atoms with Crippen LogP contribution in [0.25, 0.3) is 0 Å². The molecule has 1 aromatic rings. The third-order valence-corrected chi connectivity index (χ3v) is 3.21. The first-order valence-electron chi connectivity index (χ1n) is 5.46. The summed E-state index contributed by atoms with van der Waals surface area (Å²) < 4.78 is 0. The van der Waals surface area contributed by atoms with Crippen molar-refractivity contribution in [2.75, 3.05) is 11.2 Å². The summed E-state index contributed by atoms with van der Waals surface area (Å²) in [5, 5.41) is 2.88. The summed E-state index contributed by atoms with van der Waals surface area (Å²) >= 11 is 5.75. The largest absolute Gasteiger partial charge is 0.326 e. The van der Waals surface area contributed by atoms with E-state index in [1.165, 1.54) is 5.56 Å². The maximum absolute atomic E-state index is 11.9. The lowest BCUT2D eigenvalue weighted by atomic mass is 9.95. The molecule has 1 amide bonds. The van der Waals surface area contributed by atoms with Gasteiger partial charge in [-0.25, -0.2) is 0 Å². The fourth-order valence-electron chi connectivity index (χ4n) is 1.23. The Labute approximate surface area is 102 Å². The lowest BCUT2D eigenvalue weighted by Gasteiger charge is -2.20. The first-order chi connectivity index (χ1) is 7.49. The van der Waals surface area contributed by atoms with Gasteiger partial charge in [0.15, 0.2) is 0 Å². The van der Waals surface area contributed by atoms with Crippen LogP contribution in [-0.2, 0) is 11.2 Å². The number of hydrogen-bond donors (Lipinski definition) is 1. The van der Waals surface area contributed by atoms with Gasteiger partial charge < -0.3 is 5.32 Å². The number of amides is 1. The number of carbonyl (C=O) groups is 1. The molecule has 1 N–H and O–H groups in total. The molecular formula is C13H18ClNO. The van der Waals surface area contributed by atoms with E-state index in [9.17, 15) is 4.79 Å². The quantitative estimate of drug-likeness (QED) is 0.802. The average molecular weight is 240 g/mol. The first kappa shape index (κ1) is 13.0. The number of alkyl halides is 1. The minimum Gasteiger partial charge on any atom is -0.326 e. The third kappa shape index (κ3) is 3.24. The molecule has 0 bridgehead atoms. The third-order valence-electron chi connectivity index (χ3n) is 2.54. The summed E-state index contributed by atoms with van der Waals surface area (Å²) in [4.78, 5) is 11.9. The number of hydrogen-bond acceptors (Lipinski definition) is 1. The van der Waals surface area contributed by atoms with Gasteiger partial charge in [-0.3, -0.25) is 4.79 Å². The molecule has 1 rings (SSSR count). The maximum atomic E-state index is 11.9. The van der Waals surface area contributed by atoms with Gasteiger partial charge in [0.1, 0.15) is 0 Å². The summed E-state index contributed by atoms with van der Waals surface area (Å²) in [6.07, 6.45) is 0.961. The Morgan fingerprint density at radius 1 is 1.44 bits per heavy atom. The van der Waals surface area contributed by atoms with E-state index in [0.29, 0.717) is 5.88 Å². The molecule has 0 fully saturated rings. The molecule has 0 saturated heterocycles. The second-order valence-electron chi connectivity index (χ2n) is 4.53. The fourth-order valence-corrected chi connectivity index (χ4v) is 1.35. The topological polar surface area (TPSA) is 29.1 Å². The van der Waals surface area contributed by atoms with Gasteiger partial charge in [0, 0.05) is 11.6 Å². The smallest absolute Gasteiger partial charge is 0.231 e. The Morgan fingerprint density at radius 3 is 2.69 bits per heavy atom. The number of rotatable bonds is 4. The number of aryl methyl sites for hydroxylation is 1. The molecule has 0 radical (unpaired) electrons. The van der Waals surface area contributed by atoms with Crippen LogP contribution in [0.5, 0.6) is 0 Å². The van der Waals surface area contributed by atoms with Gasteiger partial charge >= 0.3 is 0 Å². The predicted octanol–water partition coefficient (Wildman–Crippen LogP) is 3.45. The monoisotopic (exact) mass is 239 g/mol. The Balaban J connectivity index is 2.77. The molecule has 3 heteroatoms. The molecule has 16 heavy (non-hydrogen) atoms. The number of nitrogens with one attached hydrogen (secondary N) is 1. The molecule has 2 nitrogen and oxygen atoms in total. The highest BCUT2D eigenvalue weighted by Crippen LogP contribution is 2.20. The van der Waals surface area contributed by atoms with Crippen molar-refractivity contribution in [3.63, 3.8) is 0 Å². The van der Waals surface area contributed by atoms with Gasteiger partial charge in [-0.2, -0.15) is 0 Å². The minimum absolute atomic E-state index is 0.0456. The van der Waals surface area contributed by atoms with Crippen LogP contribution in [0.4, 0.5) is 5.69 Å². The standard InChI is InChI=1S/C13H18ClNO/c1-4-10-6-5-7-11(8-10)15-12(16)13(2,3)9-14/h5-8H,4,9H2,1-3H3,(H,15,16). The second-order valence-corrected chi connectivity index (χ2v) is 4.79. The lowest BCUT2D eigenvalue weighted by molar-refractivity contribution is -0.122. The van der Waals surface area contributed by atoms with E-state index in [1.54, 1.807) is 0 Å². The van der Waals surface area contributed by atoms with Crippen molar-refractivity contribution < 1.29 is 4.79 Å². The summed E-state index contributed by atoms with van der Waals surface area (Å²) in [5.74, 6) is 0.266. The number of carbonyl (C=O) groups excluding carboxylic acids is 1. The zero-order chi connectivity index (χ0) is 12.2. The zero-order valence-electron chi connectivity index (χ0n) is 10.0. The molecule has 1 aromatic carbocycles. The Hall–Kier alpha value is -1.02. The van der Waals surface area contributed by atoms with Crippen LogP contribution in [-0.4, -0.2) is 11.8 Å². The SMILES string of the molecule is CCc1cccc(NC(=O)C(C)(C)CCl)c1. The molecule has 0 unspecified atom stereocenters. The summed E-state index contributed by atoms with van der Waals surface area (Å²) in [7, 11) is 0. The highest BCUT2D eigenvalue weighted by molar-refractivity contribution is 6.20. The van der Waals surface area contributed by atoms with Crippen LogP contribution in [0.15, 0.2) is 24.3 Å². The van der Waals surface area contributed by atoms with Crippen LogP contribution in [0, 0.1) is 5.41 Å². The molecule has 0 aliphatic rings. The molecular weight excluding hydrogens is 222 g/mol. The van der Waals surface area contributed by atoms with E-state index in [2.05, 4.69) is 12.2 Å². The highest BCUT2D eigenvalue weighted by atomic mass is 35.5. The van der Waals surface area contributed by atoms with Crippen LogP contribution in [0.2, 0.25) is 0 Å². The fraction of sp³-hybridized carbons (Fsp3) is 0.462. The van der Waals surface area contributed by atoms with Gasteiger partial charge in [0.05, 0.1) is 5.41 Å². The van der Waals surface area contributed by atoms with Crippen molar-refractivity contribution in [1.82, 2.24) is 0 Å². The van der Waals surface area contributed by atoms with E-state index in [4.69, 9.17) is 11.6 Å². The molecule has 0 aromatic heterocycles. The van der Waals surface area contributed by atoms with Crippen molar-refractivity contribution in [2.24, 2.45) is 5.41 Å². The summed E-state index contributed by atoms with van der Waals surface area (Å²) in [6.45, 7) is 5.75. The van der Waals surface area contributed by atoms with Gasteiger partial charge in [0.2, 0.25) is 5.91 Å². The lowest BCUT2D eigenvalue weighted by Crippen LogP contribution is -2.32. The van der Waals surface area contributed by atoms with E-state index < -0.39 is 5.41 Å². The molecule has 0 spiro atoms. The van der Waals surface area contributed by atoms with E-state index in [-0.39, 0.29) is 5.91 Å². The minimum atomic E-state index is -0.538. The Morgan fingerprint density at radius 2 is 2.12 bits per heavy atom. The highest BCUT2D eigenvalue weighted by Gasteiger charge is 2.26. The molecule has 88 valence electrons. The van der Waals surface area contributed by atoms with Crippen molar-refractivity contribution >= 4 is 23.2 Å². The van der Waals surface area contributed by atoms with Crippen LogP contribution >= 0.6 is 11.6 Å². The van der Waals surface area contributed by atoms with Crippen LogP contribution < -0.4 is 5.32 Å². The molecule has 0 aliphatic heterocycles. The summed E-state index contributed by atoms with van der Waals surface area (Å²) in [5.41, 5.74) is 1.51. The maximum Gasteiger partial charge on any atom is 0.231 e. The van der Waals surface area contributed by atoms with Gasteiger partial charge in [0.25, 0.3) is 0 Å². The van der Waals surface area contributed by atoms with Crippen molar-refractivity contribution in [3.8, 4) is 0 Å². The van der Waals surface area contributed by atoms with Crippen molar-refractivity contribution in [3.05, 3.63) is 29.8 Å². The average Bonchev–Trinajstić information content (AvgIpc) is 2.29. The Bertz CT molecular complexity index is 374. The normalized spacial score (nSPS) is 11.2. The van der Waals surface area contributed by atoms with Gasteiger partial charge in [-0.15, -0.1) is 11.6 Å². The van der Waals surface area contributed by atoms with E-state index >= 15 is 0 Å². The molecule has 0 heterocycles. The van der Waals surface area contributed by atoms with Crippen LogP contribution in [0.3, 0.4) is 0 Å². The molecule has 0 atom stereocenters. The molecule has 0 saturated carbocycles. The Kier molecular flexibility index (Phi) is 4.36. The van der Waals surface area contributed by atoms with E-state index in [1.807, 2.05) is 38.1 Å². The summed E-state index contributed by atoms with van der Waals surface area (Å²) in [6, 6.07) is 7.87. The number of benzene rings is 1. The first-order valence-corrected chi connectivity index (χ1v) is 5.99. The number of anilines is 1. The van der Waals surface area contributed by atoms with Crippen molar-refractivity contribution in [2.45, 2.75) is 27.2 Å².